The summed E-state index contributed by atoms with van der Waals surface area (Å²) in [6, 6.07) is 0.488. The second-order valence-electron chi connectivity index (χ2n) is 5.99. The maximum atomic E-state index is 12.7. The van der Waals surface area contributed by atoms with Crippen LogP contribution in [0.2, 0.25) is 0 Å². The number of piperidine rings is 1. The van der Waals surface area contributed by atoms with Gasteiger partial charge in [0.05, 0.1) is 0 Å². The van der Waals surface area contributed by atoms with Crippen molar-refractivity contribution in [3.8, 4) is 0 Å². The molecular weight excluding hydrogens is 262 g/mol. The third-order valence-corrected chi connectivity index (χ3v) is 6.64. The van der Waals surface area contributed by atoms with Crippen LogP contribution in [0.3, 0.4) is 0 Å². The van der Waals surface area contributed by atoms with Crippen molar-refractivity contribution in [2.24, 2.45) is 0 Å². The van der Waals surface area contributed by atoms with Crippen molar-refractivity contribution >= 4 is 10.2 Å². The van der Waals surface area contributed by atoms with E-state index in [1.807, 2.05) is 13.8 Å². The van der Waals surface area contributed by atoms with Gasteiger partial charge in [-0.3, -0.25) is 0 Å². The topological polar surface area (TPSA) is 52.7 Å². The Hall–Kier alpha value is -0.170. The standard InChI is InChI=1S/C13H27N3O2S/c1-11(2)15(3)19(17,18)16-10-5-4-8-13(16)12-7-6-9-14-12/h11-14H,4-10H2,1-3H3. The highest BCUT2D eigenvalue weighted by Gasteiger charge is 2.40. The Morgan fingerprint density at radius 3 is 2.53 bits per heavy atom. The van der Waals surface area contributed by atoms with Gasteiger partial charge in [0, 0.05) is 31.7 Å². The van der Waals surface area contributed by atoms with E-state index in [0.717, 1.165) is 38.6 Å². The van der Waals surface area contributed by atoms with Gasteiger partial charge in [-0.2, -0.15) is 17.0 Å². The third-order valence-electron chi connectivity index (χ3n) is 4.45. The van der Waals surface area contributed by atoms with Gasteiger partial charge in [-0.15, -0.1) is 0 Å². The van der Waals surface area contributed by atoms with E-state index >= 15 is 0 Å². The highest BCUT2D eigenvalue weighted by Crippen LogP contribution is 2.28. The van der Waals surface area contributed by atoms with Gasteiger partial charge < -0.3 is 5.32 Å². The molecule has 0 aromatic heterocycles. The molecule has 2 unspecified atom stereocenters. The number of hydrogen-bond acceptors (Lipinski definition) is 3. The maximum absolute atomic E-state index is 12.7. The number of hydrogen-bond donors (Lipinski definition) is 1. The molecule has 1 N–H and O–H groups in total. The van der Waals surface area contributed by atoms with Crippen LogP contribution in [0.4, 0.5) is 0 Å². The molecule has 2 heterocycles. The second kappa shape index (κ2) is 6.08. The zero-order chi connectivity index (χ0) is 14.0. The molecule has 0 aliphatic carbocycles. The van der Waals surface area contributed by atoms with Crippen LogP contribution in [0.15, 0.2) is 0 Å². The van der Waals surface area contributed by atoms with E-state index in [2.05, 4.69) is 5.32 Å². The summed E-state index contributed by atoms with van der Waals surface area (Å²) in [7, 11) is -1.63. The van der Waals surface area contributed by atoms with Gasteiger partial charge in [0.15, 0.2) is 0 Å². The largest absolute Gasteiger partial charge is 0.312 e. The van der Waals surface area contributed by atoms with E-state index in [9.17, 15) is 8.42 Å². The van der Waals surface area contributed by atoms with Gasteiger partial charge in [0.2, 0.25) is 0 Å². The van der Waals surface area contributed by atoms with E-state index < -0.39 is 10.2 Å². The molecule has 5 nitrogen and oxygen atoms in total. The van der Waals surface area contributed by atoms with Crippen molar-refractivity contribution in [3.63, 3.8) is 0 Å². The molecule has 0 aromatic rings. The number of nitrogens with one attached hydrogen (secondary N) is 1. The lowest BCUT2D eigenvalue weighted by molar-refractivity contribution is 0.195. The van der Waals surface area contributed by atoms with Crippen LogP contribution in [-0.4, -0.2) is 55.3 Å². The molecule has 0 spiro atoms. The summed E-state index contributed by atoms with van der Waals surface area (Å²) < 4.78 is 28.7. The van der Waals surface area contributed by atoms with E-state index in [1.165, 1.54) is 4.31 Å². The summed E-state index contributed by atoms with van der Waals surface area (Å²) in [5.41, 5.74) is 0. The Kier molecular flexibility index (Phi) is 4.87. The highest BCUT2D eigenvalue weighted by molar-refractivity contribution is 7.86. The normalized spacial score (nSPS) is 30.4. The Labute approximate surface area is 117 Å². The van der Waals surface area contributed by atoms with Crippen LogP contribution in [0.5, 0.6) is 0 Å². The van der Waals surface area contributed by atoms with Crippen LogP contribution in [0.25, 0.3) is 0 Å². The predicted octanol–water partition coefficient (Wildman–Crippen LogP) is 1.18. The van der Waals surface area contributed by atoms with Crippen LogP contribution in [0, 0.1) is 0 Å². The van der Waals surface area contributed by atoms with Crippen molar-refractivity contribution in [3.05, 3.63) is 0 Å². The van der Waals surface area contributed by atoms with Crippen molar-refractivity contribution < 1.29 is 8.42 Å². The monoisotopic (exact) mass is 289 g/mol. The van der Waals surface area contributed by atoms with Gasteiger partial charge in [-0.25, -0.2) is 0 Å². The maximum Gasteiger partial charge on any atom is 0.282 e. The average molecular weight is 289 g/mol. The summed E-state index contributed by atoms with van der Waals surface area (Å²) in [6.07, 6.45) is 5.37. The van der Waals surface area contributed by atoms with Gasteiger partial charge in [-0.05, 0) is 46.1 Å². The van der Waals surface area contributed by atoms with Crippen molar-refractivity contribution in [1.29, 1.82) is 0 Å². The second-order valence-corrected chi connectivity index (χ2v) is 7.94. The highest BCUT2D eigenvalue weighted by atomic mass is 32.2. The van der Waals surface area contributed by atoms with E-state index in [-0.39, 0.29) is 12.1 Å². The molecule has 2 aliphatic heterocycles. The number of rotatable bonds is 4. The minimum Gasteiger partial charge on any atom is -0.312 e. The minimum atomic E-state index is -3.32. The summed E-state index contributed by atoms with van der Waals surface area (Å²) >= 11 is 0. The SMILES string of the molecule is CC(C)N(C)S(=O)(=O)N1CCCCC1C1CCCN1. The molecule has 2 saturated heterocycles. The Morgan fingerprint density at radius 2 is 1.95 bits per heavy atom. The first-order valence-corrected chi connectivity index (χ1v) is 8.82. The van der Waals surface area contributed by atoms with Gasteiger partial charge >= 0.3 is 0 Å². The van der Waals surface area contributed by atoms with Crippen LogP contribution in [-0.2, 0) is 10.2 Å². The Morgan fingerprint density at radius 1 is 1.21 bits per heavy atom. The van der Waals surface area contributed by atoms with E-state index in [4.69, 9.17) is 0 Å². The first kappa shape index (κ1) is 15.2. The summed E-state index contributed by atoms with van der Waals surface area (Å²) in [6.45, 7) is 5.53. The molecule has 6 heteroatoms. The fourth-order valence-electron chi connectivity index (χ4n) is 3.09. The van der Waals surface area contributed by atoms with Gasteiger partial charge in [0.1, 0.15) is 0 Å². The Bertz CT molecular complexity index is 391. The quantitative estimate of drug-likeness (QED) is 0.845. The summed E-state index contributed by atoms with van der Waals surface area (Å²) in [4.78, 5) is 0. The van der Waals surface area contributed by atoms with E-state index in [1.54, 1.807) is 11.4 Å². The molecule has 2 atom stereocenters. The zero-order valence-corrected chi connectivity index (χ0v) is 13.1. The molecule has 2 rings (SSSR count). The van der Waals surface area contributed by atoms with Crippen LogP contribution >= 0.6 is 0 Å². The molecule has 0 saturated carbocycles. The lowest BCUT2D eigenvalue weighted by Gasteiger charge is -2.40. The lowest BCUT2D eigenvalue weighted by Crippen LogP contribution is -2.56. The van der Waals surface area contributed by atoms with Crippen molar-refractivity contribution in [1.82, 2.24) is 13.9 Å². The number of nitrogens with zero attached hydrogens (tertiary/aromatic N) is 2. The van der Waals surface area contributed by atoms with Crippen molar-refractivity contribution in [2.75, 3.05) is 20.1 Å². The Balaban J connectivity index is 2.19. The average Bonchev–Trinajstić information content (AvgIpc) is 2.91. The molecule has 0 bridgehead atoms. The molecule has 0 radical (unpaired) electrons. The van der Waals surface area contributed by atoms with Crippen molar-refractivity contribution in [2.45, 2.75) is 64.1 Å². The van der Waals surface area contributed by atoms with Gasteiger partial charge in [-0.1, -0.05) is 6.42 Å². The lowest BCUT2D eigenvalue weighted by atomic mass is 9.97. The molecule has 0 amide bonds. The molecule has 2 fully saturated rings. The first-order chi connectivity index (χ1) is 8.94. The summed E-state index contributed by atoms with van der Waals surface area (Å²) in [5.74, 6) is 0. The predicted molar refractivity (Wildman–Crippen MR) is 77.2 cm³/mol. The fourth-order valence-corrected chi connectivity index (χ4v) is 4.91. The van der Waals surface area contributed by atoms with E-state index in [0.29, 0.717) is 12.6 Å². The molecule has 19 heavy (non-hydrogen) atoms. The van der Waals surface area contributed by atoms with Gasteiger partial charge in [0.25, 0.3) is 10.2 Å². The molecule has 2 aliphatic rings. The smallest absolute Gasteiger partial charge is 0.282 e. The first-order valence-electron chi connectivity index (χ1n) is 7.43. The minimum absolute atomic E-state index is 0.00381. The molecular formula is C13H27N3O2S. The van der Waals surface area contributed by atoms with Crippen LogP contribution < -0.4 is 5.32 Å². The van der Waals surface area contributed by atoms with Crippen LogP contribution in [0.1, 0.15) is 46.0 Å². The molecule has 112 valence electrons. The summed E-state index contributed by atoms with van der Waals surface area (Å²) in [5, 5.41) is 3.47. The third kappa shape index (κ3) is 3.12. The molecule has 0 aromatic carbocycles. The fraction of sp³-hybridized carbons (Fsp3) is 1.00. The zero-order valence-electron chi connectivity index (χ0n) is 12.3.